The van der Waals surface area contributed by atoms with Crippen molar-refractivity contribution in [3.05, 3.63) is 24.3 Å². The smallest absolute Gasteiger partial charge is 0.265 e. The first kappa shape index (κ1) is 13.3. The fourth-order valence-electron chi connectivity index (χ4n) is 3.17. The molecule has 2 aliphatic rings. The second-order valence-electron chi connectivity index (χ2n) is 5.85. The van der Waals surface area contributed by atoms with Gasteiger partial charge in [0.1, 0.15) is 5.75 Å². The molecule has 1 fully saturated rings. The number of hydrogen-bond donors (Lipinski definition) is 1. The second kappa shape index (κ2) is 5.73. The van der Waals surface area contributed by atoms with Crippen molar-refractivity contribution in [1.82, 2.24) is 4.90 Å². The number of rotatable bonds is 3. The lowest BCUT2D eigenvalue weighted by Gasteiger charge is -2.30. The number of nitrogens with zero attached hydrogens (tertiary/aromatic N) is 1. The summed E-state index contributed by atoms with van der Waals surface area (Å²) in [5.41, 5.74) is 0.968. The summed E-state index contributed by atoms with van der Waals surface area (Å²) in [6.45, 7) is 1.41. The van der Waals surface area contributed by atoms with Crippen molar-refractivity contribution in [2.75, 3.05) is 25.5 Å². The van der Waals surface area contributed by atoms with Gasteiger partial charge in [-0.05, 0) is 30.9 Å². The summed E-state index contributed by atoms with van der Waals surface area (Å²) in [5, 5.41) is 3.27. The molecule has 4 nitrogen and oxygen atoms in total. The van der Waals surface area contributed by atoms with E-state index in [0.717, 1.165) is 18.0 Å². The van der Waals surface area contributed by atoms with Crippen LogP contribution in [0.2, 0.25) is 0 Å². The van der Waals surface area contributed by atoms with Gasteiger partial charge in [0, 0.05) is 13.6 Å². The number of para-hydroxylation sites is 2. The molecular formula is C16H22N2O2. The highest BCUT2D eigenvalue weighted by Gasteiger charge is 2.29. The van der Waals surface area contributed by atoms with Gasteiger partial charge in [-0.15, -0.1) is 0 Å². The second-order valence-corrected chi connectivity index (χ2v) is 5.85. The summed E-state index contributed by atoms with van der Waals surface area (Å²) in [6, 6.07) is 7.76. The minimum atomic E-state index is -0.406. The number of anilines is 1. The lowest BCUT2D eigenvalue weighted by molar-refractivity contribution is -0.137. The van der Waals surface area contributed by atoms with Gasteiger partial charge in [-0.3, -0.25) is 4.79 Å². The molecule has 1 atom stereocenters. The van der Waals surface area contributed by atoms with Crippen LogP contribution in [-0.2, 0) is 4.79 Å². The Morgan fingerprint density at radius 3 is 2.90 bits per heavy atom. The zero-order chi connectivity index (χ0) is 13.9. The molecule has 0 aromatic heterocycles. The Kier molecular flexibility index (Phi) is 3.81. The SMILES string of the molecule is CN(CC1CCCC1)C(=O)C1CNc2ccccc2O1. The molecule has 0 bridgehead atoms. The Bertz CT molecular complexity index is 483. The summed E-state index contributed by atoms with van der Waals surface area (Å²) < 4.78 is 5.83. The first-order valence-electron chi connectivity index (χ1n) is 7.48. The van der Waals surface area contributed by atoms with Crippen LogP contribution in [0.3, 0.4) is 0 Å². The van der Waals surface area contributed by atoms with Crippen LogP contribution >= 0.6 is 0 Å². The molecule has 0 radical (unpaired) electrons. The Labute approximate surface area is 120 Å². The molecule has 0 spiro atoms. The third-order valence-electron chi connectivity index (χ3n) is 4.29. The lowest BCUT2D eigenvalue weighted by atomic mass is 10.1. The maximum absolute atomic E-state index is 12.5. The number of hydrogen-bond acceptors (Lipinski definition) is 3. The van der Waals surface area contributed by atoms with Gasteiger partial charge in [-0.1, -0.05) is 25.0 Å². The molecule has 1 heterocycles. The number of benzene rings is 1. The number of carbonyl (C=O) groups is 1. The molecule has 1 N–H and O–H groups in total. The van der Waals surface area contributed by atoms with Crippen molar-refractivity contribution < 1.29 is 9.53 Å². The van der Waals surface area contributed by atoms with E-state index in [9.17, 15) is 4.79 Å². The molecular weight excluding hydrogens is 252 g/mol. The molecule has 1 aliphatic carbocycles. The van der Waals surface area contributed by atoms with Crippen molar-refractivity contribution in [3.8, 4) is 5.75 Å². The van der Waals surface area contributed by atoms with E-state index in [1.807, 2.05) is 36.2 Å². The molecule has 1 saturated carbocycles. The van der Waals surface area contributed by atoms with Crippen LogP contribution in [0.25, 0.3) is 0 Å². The predicted octanol–water partition coefficient (Wildman–Crippen LogP) is 2.51. The van der Waals surface area contributed by atoms with Gasteiger partial charge in [-0.25, -0.2) is 0 Å². The van der Waals surface area contributed by atoms with Crippen molar-refractivity contribution in [2.45, 2.75) is 31.8 Å². The minimum Gasteiger partial charge on any atom is -0.477 e. The zero-order valence-corrected chi connectivity index (χ0v) is 12.0. The van der Waals surface area contributed by atoms with Gasteiger partial charge >= 0.3 is 0 Å². The van der Waals surface area contributed by atoms with E-state index in [2.05, 4.69) is 5.32 Å². The van der Waals surface area contributed by atoms with Crippen LogP contribution in [0, 0.1) is 5.92 Å². The molecule has 1 unspecified atom stereocenters. The average Bonchev–Trinajstić information content (AvgIpc) is 2.99. The van der Waals surface area contributed by atoms with E-state index in [0.29, 0.717) is 12.5 Å². The Hall–Kier alpha value is -1.71. The van der Waals surface area contributed by atoms with E-state index < -0.39 is 6.10 Å². The van der Waals surface area contributed by atoms with Crippen molar-refractivity contribution in [1.29, 1.82) is 0 Å². The van der Waals surface area contributed by atoms with Crippen molar-refractivity contribution in [3.63, 3.8) is 0 Å². The number of likely N-dealkylation sites (N-methyl/N-ethyl adjacent to an activating group) is 1. The summed E-state index contributed by atoms with van der Waals surface area (Å²) in [4.78, 5) is 14.3. The highest BCUT2D eigenvalue weighted by molar-refractivity contribution is 5.83. The van der Waals surface area contributed by atoms with E-state index in [-0.39, 0.29) is 5.91 Å². The first-order chi connectivity index (χ1) is 9.74. The molecule has 3 rings (SSSR count). The van der Waals surface area contributed by atoms with Crippen LogP contribution < -0.4 is 10.1 Å². The number of ether oxygens (including phenoxy) is 1. The van der Waals surface area contributed by atoms with Crippen LogP contribution in [-0.4, -0.2) is 37.0 Å². The number of nitrogens with one attached hydrogen (secondary N) is 1. The fourth-order valence-corrected chi connectivity index (χ4v) is 3.17. The Balaban J connectivity index is 1.60. The Morgan fingerprint density at radius 2 is 2.10 bits per heavy atom. The third-order valence-corrected chi connectivity index (χ3v) is 4.29. The highest BCUT2D eigenvalue weighted by Crippen LogP contribution is 2.29. The number of carbonyl (C=O) groups excluding carboxylic acids is 1. The van der Waals surface area contributed by atoms with Gasteiger partial charge in [-0.2, -0.15) is 0 Å². The quantitative estimate of drug-likeness (QED) is 0.921. The summed E-state index contributed by atoms with van der Waals surface area (Å²) >= 11 is 0. The van der Waals surface area contributed by atoms with Crippen LogP contribution in [0.15, 0.2) is 24.3 Å². The largest absolute Gasteiger partial charge is 0.477 e. The molecule has 20 heavy (non-hydrogen) atoms. The molecule has 4 heteroatoms. The Morgan fingerprint density at radius 1 is 1.35 bits per heavy atom. The standard InChI is InChI=1S/C16H22N2O2/c1-18(11-12-6-2-3-7-12)16(19)15-10-17-13-8-4-5-9-14(13)20-15/h4-5,8-9,12,15,17H,2-3,6-7,10-11H2,1H3. The summed E-state index contributed by atoms with van der Waals surface area (Å²) in [5.74, 6) is 1.53. The monoisotopic (exact) mass is 274 g/mol. The predicted molar refractivity (Wildman–Crippen MR) is 78.9 cm³/mol. The molecule has 0 saturated heterocycles. The molecule has 1 aromatic carbocycles. The van der Waals surface area contributed by atoms with E-state index >= 15 is 0 Å². The van der Waals surface area contributed by atoms with Crippen LogP contribution in [0.1, 0.15) is 25.7 Å². The normalized spacial score (nSPS) is 21.8. The maximum atomic E-state index is 12.5. The molecule has 1 amide bonds. The highest BCUT2D eigenvalue weighted by atomic mass is 16.5. The summed E-state index contributed by atoms with van der Waals surface area (Å²) in [6.07, 6.45) is 4.72. The summed E-state index contributed by atoms with van der Waals surface area (Å²) in [7, 11) is 1.89. The lowest BCUT2D eigenvalue weighted by Crippen LogP contribution is -2.46. The van der Waals surface area contributed by atoms with E-state index in [1.165, 1.54) is 25.7 Å². The fraction of sp³-hybridized carbons (Fsp3) is 0.562. The topological polar surface area (TPSA) is 41.6 Å². The third kappa shape index (κ3) is 2.74. The van der Waals surface area contributed by atoms with Gasteiger partial charge in [0.25, 0.3) is 5.91 Å². The van der Waals surface area contributed by atoms with Gasteiger partial charge in [0.05, 0.1) is 12.2 Å². The molecule has 108 valence electrons. The average molecular weight is 274 g/mol. The number of fused-ring (bicyclic) bond motifs is 1. The number of amides is 1. The van der Waals surface area contributed by atoms with E-state index in [1.54, 1.807) is 0 Å². The van der Waals surface area contributed by atoms with Crippen LogP contribution in [0.4, 0.5) is 5.69 Å². The van der Waals surface area contributed by atoms with E-state index in [4.69, 9.17) is 4.74 Å². The van der Waals surface area contributed by atoms with Gasteiger partial charge in [0.15, 0.2) is 6.10 Å². The van der Waals surface area contributed by atoms with Crippen molar-refractivity contribution in [2.24, 2.45) is 5.92 Å². The molecule has 1 aromatic rings. The van der Waals surface area contributed by atoms with Crippen molar-refractivity contribution >= 4 is 11.6 Å². The van der Waals surface area contributed by atoms with Crippen LogP contribution in [0.5, 0.6) is 5.75 Å². The van der Waals surface area contributed by atoms with Gasteiger partial charge in [0.2, 0.25) is 0 Å². The zero-order valence-electron chi connectivity index (χ0n) is 12.0. The van der Waals surface area contributed by atoms with Gasteiger partial charge < -0.3 is 15.0 Å². The first-order valence-corrected chi connectivity index (χ1v) is 7.48. The molecule has 1 aliphatic heterocycles. The minimum absolute atomic E-state index is 0.0823. The maximum Gasteiger partial charge on any atom is 0.265 e.